The van der Waals surface area contributed by atoms with Crippen molar-refractivity contribution in [3.63, 3.8) is 0 Å². The summed E-state index contributed by atoms with van der Waals surface area (Å²) in [7, 11) is 0. The van der Waals surface area contributed by atoms with Crippen LogP contribution in [0.25, 0.3) is 0 Å². The van der Waals surface area contributed by atoms with E-state index in [-0.39, 0.29) is 17.8 Å². The maximum atomic E-state index is 12.9. The molecule has 0 radical (unpaired) electrons. The van der Waals surface area contributed by atoms with Gasteiger partial charge < -0.3 is 14.3 Å². The third-order valence-electron chi connectivity index (χ3n) is 5.49. The molecular formula is C18H25NO5. The molecule has 0 aromatic carbocycles. The molecular weight excluding hydrogens is 310 g/mol. The number of amides is 1. The molecule has 3 rings (SSSR count). The molecule has 6 heteroatoms. The Morgan fingerprint density at radius 1 is 1.29 bits per heavy atom. The summed E-state index contributed by atoms with van der Waals surface area (Å²) in [5.74, 6) is -0.746. The molecule has 1 atom stereocenters. The first kappa shape index (κ1) is 17.0. The van der Waals surface area contributed by atoms with E-state index in [4.69, 9.17) is 9.15 Å². The minimum Gasteiger partial charge on any atom is -0.480 e. The lowest BCUT2D eigenvalue weighted by Gasteiger charge is -2.45. The second-order valence-electron chi connectivity index (χ2n) is 7.90. The molecule has 1 N–H and O–H groups in total. The fraction of sp³-hybridized carbons (Fsp3) is 0.667. The second kappa shape index (κ2) is 5.92. The van der Waals surface area contributed by atoms with Crippen molar-refractivity contribution in [3.05, 3.63) is 24.2 Å². The van der Waals surface area contributed by atoms with Crippen molar-refractivity contribution in [1.29, 1.82) is 0 Å². The van der Waals surface area contributed by atoms with Crippen LogP contribution in [0.15, 0.2) is 22.8 Å². The van der Waals surface area contributed by atoms with Gasteiger partial charge in [0.25, 0.3) is 5.91 Å². The van der Waals surface area contributed by atoms with Crippen LogP contribution < -0.4 is 0 Å². The second-order valence-corrected chi connectivity index (χ2v) is 7.90. The lowest BCUT2D eigenvalue weighted by Crippen LogP contribution is -2.55. The van der Waals surface area contributed by atoms with E-state index in [1.54, 1.807) is 12.1 Å². The van der Waals surface area contributed by atoms with Gasteiger partial charge >= 0.3 is 5.97 Å². The molecule has 1 aromatic heterocycles. The van der Waals surface area contributed by atoms with Crippen LogP contribution in [-0.2, 0) is 9.53 Å². The van der Waals surface area contributed by atoms with Gasteiger partial charge in [0, 0.05) is 0 Å². The van der Waals surface area contributed by atoms with Crippen molar-refractivity contribution >= 4 is 11.9 Å². The lowest BCUT2D eigenvalue weighted by atomic mass is 9.70. The Morgan fingerprint density at radius 2 is 1.96 bits per heavy atom. The van der Waals surface area contributed by atoms with Gasteiger partial charge in [-0.15, -0.1) is 0 Å². The number of ether oxygens (including phenoxy) is 1. The van der Waals surface area contributed by atoms with Crippen molar-refractivity contribution in [2.75, 3.05) is 6.61 Å². The van der Waals surface area contributed by atoms with Crippen LogP contribution in [0.4, 0.5) is 0 Å². The molecule has 132 valence electrons. The van der Waals surface area contributed by atoms with Gasteiger partial charge in [-0.2, -0.15) is 0 Å². The minimum absolute atomic E-state index is 0.0297. The number of carbonyl (C=O) groups excluding carboxylic acids is 1. The molecule has 2 heterocycles. The highest BCUT2D eigenvalue weighted by atomic mass is 16.5. The Labute approximate surface area is 141 Å². The van der Waals surface area contributed by atoms with E-state index in [2.05, 4.69) is 20.8 Å². The molecule has 1 spiro atoms. The van der Waals surface area contributed by atoms with Gasteiger partial charge in [0.2, 0.25) is 0 Å². The summed E-state index contributed by atoms with van der Waals surface area (Å²) >= 11 is 0. The Balaban J connectivity index is 1.87. The zero-order chi connectivity index (χ0) is 17.5. The quantitative estimate of drug-likeness (QED) is 0.898. The van der Waals surface area contributed by atoms with E-state index in [0.717, 1.165) is 12.8 Å². The lowest BCUT2D eigenvalue weighted by molar-refractivity contribution is -0.144. The number of hydrogen-bond donors (Lipinski definition) is 1. The van der Waals surface area contributed by atoms with Crippen LogP contribution in [0.2, 0.25) is 0 Å². The predicted octanol–water partition coefficient (Wildman–Crippen LogP) is 3.14. The molecule has 1 aromatic rings. The van der Waals surface area contributed by atoms with Crippen LogP contribution in [0.3, 0.4) is 0 Å². The van der Waals surface area contributed by atoms with Gasteiger partial charge in [-0.1, -0.05) is 20.8 Å². The zero-order valence-electron chi connectivity index (χ0n) is 14.4. The van der Waals surface area contributed by atoms with E-state index in [0.29, 0.717) is 18.8 Å². The van der Waals surface area contributed by atoms with Crippen molar-refractivity contribution in [2.24, 2.45) is 11.3 Å². The van der Waals surface area contributed by atoms with Crippen LogP contribution in [-0.4, -0.2) is 40.3 Å². The summed E-state index contributed by atoms with van der Waals surface area (Å²) < 4.78 is 11.1. The number of aliphatic carboxylic acids is 1. The van der Waals surface area contributed by atoms with Gasteiger partial charge in [-0.25, -0.2) is 4.79 Å². The first-order valence-corrected chi connectivity index (χ1v) is 8.48. The molecule has 0 bridgehead atoms. The summed E-state index contributed by atoms with van der Waals surface area (Å²) in [5, 5.41) is 9.52. The minimum atomic E-state index is -1.04. The number of nitrogens with zero attached hydrogens (tertiary/aromatic N) is 1. The molecule has 1 saturated heterocycles. The Morgan fingerprint density at radius 3 is 2.46 bits per heavy atom. The Bertz CT molecular complexity index is 608. The predicted molar refractivity (Wildman–Crippen MR) is 86.4 cm³/mol. The Hall–Kier alpha value is -1.82. The molecule has 2 aliphatic rings. The molecule has 1 aliphatic heterocycles. The number of furan rings is 1. The third-order valence-corrected chi connectivity index (χ3v) is 5.49. The number of rotatable bonds is 2. The number of carbonyl (C=O) groups is 2. The normalized spacial score (nSPS) is 30.7. The fourth-order valence-electron chi connectivity index (χ4n) is 4.01. The summed E-state index contributed by atoms with van der Waals surface area (Å²) in [6.45, 7) is 6.69. The van der Waals surface area contributed by atoms with Gasteiger partial charge in [0.05, 0.1) is 12.9 Å². The average molecular weight is 335 g/mol. The van der Waals surface area contributed by atoms with Gasteiger partial charge in [0.15, 0.2) is 11.8 Å². The summed E-state index contributed by atoms with van der Waals surface area (Å²) in [6, 6.07) is 2.23. The van der Waals surface area contributed by atoms with Crippen LogP contribution in [0.5, 0.6) is 0 Å². The van der Waals surface area contributed by atoms with Gasteiger partial charge in [0.1, 0.15) is 5.72 Å². The summed E-state index contributed by atoms with van der Waals surface area (Å²) in [4.78, 5) is 25.9. The average Bonchev–Trinajstić information content (AvgIpc) is 3.14. The number of hydrogen-bond acceptors (Lipinski definition) is 4. The fourth-order valence-corrected chi connectivity index (χ4v) is 4.01. The van der Waals surface area contributed by atoms with Crippen LogP contribution in [0.1, 0.15) is 57.0 Å². The summed E-state index contributed by atoms with van der Waals surface area (Å²) in [5.41, 5.74) is -0.628. The highest BCUT2D eigenvalue weighted by Gasteiger charge is 2.55. The molecule has 1 aliphatic carbocycles. The molecule has 1 unspecified atom stereocenters. The maximum absolute atomic E-state index is 12.9. The van der Waals surface area contributed by atoms with Crippen molar-refractivity contribution < 1.29 is 23.8 Å². The topological polar surface area (TPSA) is 80.0 Å². The van der Waals surface area contributed by atoms with E-state index < -0.39 is 23.6 Å². The monoisotopic (exact) mass is 335 g/mol. The standard InChI is InChI=1S/C18H25NO5/c1-17(2,3)12-6-8-18(9-7-12)19(13(11-24-18)16(21)22)15(20)14-5-4-10-23-14/h4-5,10,12-13H,6-9,11H2,1-3H3,(H,21,22). The Kier molecular flexibility index (Phi) is 4.20. The van der Waals surface area contributed by atoms with Crippen molar-refractivity contribution in [2.45, 2.75) is 58.2 Å². The SMILES string of the molecule is CC(C)(C)C1CCC2(CC1)OCC(C(=O)O)N2C(=O)c1ccco1. The summed E-state index contributed by atoms with van der Waals surface area (Å²) in [6.07, 6.45) is 4.56. The molecule has 6 nitrogen and oxygen atoms in total. The van der Waals surface area contributed by atoms with Gasteiger partial charge in [-0.05, 0) is 49.1 Å². The first-order valence-electron chi connectivity index (χ1n) is 8.48. The van der Waals surface area contributed by atoms with Crippen LogP contribution in [0, 0.1) is 11.3 Å². The molecule has 24 heavy (non-hydrogen) atoms. The van der Waals surface area contributed by atoms with Crippen LogP contribution >= 0.6 is 0 Å². The molecule has 2 fully saturated rings. The van der Waals surface area contributed by atoms with E-state index >= 15 is 0 Å². The highest BCUT2D eigenvalue weighted by Crippen LogP contribution is 2.47. The van der Waals surface area contributed by atoms with E-state index in [1.165, 1.54) is 11.2 Å². The largest absolute Gasteiger partial charge is 0.480 e. The first-order chi connectivity index (χ1) is 11.2. The number of carboxylic acids is 1. The highest BCUT2D eigenvalue weighted by molar-refractivity contribution is 5.95. The molecule has 1 saturated carbocycles. The van der Waals surface area contributed by atoms with Crippen molar-refractivity contribution in [3.8, 4) is 0 Å². The molecule has 1 amide bonds. The number of carboxylic acid groups (broad SMARTS) is 1. The van der Waals surface area contributed by atoms with Crippen molar-refractivity contribution in [1.82, 2.24) is 4.90 Å². The zero-order valence-corrected chi connectivity index (χ0v) is 14.4. The smallest absolute Gasteiger partial charge is 0.328 e. The van der Waals surface area contributed by atoms with E-state index in [1.807, 2.05) is 0 Å². The van der Waals surface area contributed by atoms with Gasteiger partial charge in [-0.3, -0.25) is 9.69 Å². The van der Waals surface area contributed by atoms with E-state index in [9.17, 15) is 14.7 Å². The maximum Gasteiger partial charge on any atom is 0.328 e. The third kappa shape index (κ3) is 2.83.